The van der Waals surface area contributed by atoms with E-state index in [1.807, 2.05) is 14.1 Å². The van der Waals surface area contributed by atoms with Gasteiger partial charge in [-0.1, -0.05) is 0 Å². The number of benzene rings is 1. The third-order valence-electron chi connectivity index (χ3n) is 2.99. The number of hydrogen-bond acceptors (Lipinski definition) is 7. The van der Waals surface area contributed by atoms with E-state index in [4.69, 9.17) is 5.73 Å². The number of nitrogen functional groups attached to an aromatic ring is 1. The molecule has 8 nitrogen and oxygen atoms in total. The number of nitrogens with zero attached hydrogens (tertiary/aromatic N) is 4. The molecule has 0 aliphatic carbocycles. The summed E-state index contributed by atoms with van der Waals surface area (Å²) in [6.07, 6.45) is 0. The lowest BCUT2D eigenvalue weighted by Crippen LogP contribution is -2.20. The molecule has 23 heavy (non-hydrogen) atoms. The summed E-state index contributed by atoms with van der Waals surface area (Å²) in [6, 6.07) is 7.52. The molecule has 0 aliphatic rings. The maximum Gasteiger partial charge on any atom is 0.263 e. The molecule has 0 radical (unpaired) electrons. The minimum absolute atomic E-state index is 0.114. The molecule has 0 aliphatic heterocycles. The van der Waals surface area contributed by atoms with E-state index < -0.39 is 10.0 Å². The fraction of sp³-hybridized carbons (Fsp3) is 0.286. The molecular weight excluding hydrogens is 316 g/mol. The molecule has 0 spiro atoms. The summed E-state index contributed by atoms with van der Waals surface area (Å²) in [5.41, 5.74) is 6.08. The Kier molecular flexibility index (Phi) is 4.60. The zero-order chi connectivity index (χ0) is 17.2. The van der Waals surface area contributed by atoms with Crippen LogP contribution >= 0.6 is 0 Å². The van der Waals surface area contributed by atoms with Crippen LogP contribution in [0.1, 0.15) is 0 Å². The number of nitrogens with one attached hydrogen (secondary N) is 1. The largest absolute Gasteiger partial charge is 0.399 e. The van der Waals surface area contributed by atoms with Crippen molar-refractivity contribution in [1.82, 2.24) is 9.97 Å². The summed E-state index contributed by atoms with van der Waals surface area (Å²) in [7, 11) is 3.46. The zero-order valence-electron chi connectivity index (χ0n) is 13.5. The van der Waals surface area contributed by atoms with Crippen molar-refractivity contribution >= 4 is 33.3 Å². The van der Waals surface area contributed by atoms with Gasteiger partial charge in [-0.3, -0.25) is 4.72 Å². The Balaban J connectivity index is 2.40. The molecule has 124 valence electrons. The van der Waals surface area contributed by atoms with Crippen LogP contribution in [-0.4, -0.2) is 46.6 Å². The van der Waals surface area contributed by atoms with E-state index >= 15 is 0 Å². The highest BCUT2D eigenvalue weighted by atomic mass is 32.2. The molecule has 1 aromatic heterocycles. The molecule has 0 saturated carbocycles. The molecule has 9 heteroatoms. The third kappa shape index (κ3) is 4.01. The molecule has 0 atom stereocenters. The van der Waals surface area contributed by atoms with E-state index in [2.05, 4.69) is 14.7 Å². The van der Waals surface area contributed by atoms with Gasteiger partial charge in [0.2, 0.25) is 5.95 Å². The Bertz CT molecular complexity index is 761. The normalized spacial score (nSPS) is 11.1. The standard InChI is InChI=1S/C14H20N6O2S/c1-19(2)13-9-12(16-14(17-13)20(3)4)18-23(21,22)11-7-5-10(15)6-8-11/h5-9H,15H2,1-4H3,(H,16,17,18). The Morgan fingerprint density at radius 1 is 1.00 bits per heavy atom. The molecule has 0 amide bonds. The first-order valence-corrected chi connectivity index (χ1v) is 8.29. The molecule has 1 heterocycles. The number of anilines is 4. The summed E-state index contributed by atoms with van der Waals surface area (Å²) in [5.74, 6) is 1.20. The van der Waals surface area contributed by atoms with Crippen molar-refractivity contribution in [3.05, 3.63) is 30.3 Å². The number of aromatic nitrogens is 2. The Morgan fingerprint density at radius 3 is 2.13 bits per heavy atom. The average Bonchev–Trinajstić information content (AvgIpc) is 2.46. The van der Waals surface area contributed by atoms with Gasteiger partial charge >= 0.3 is 0 Å². The minimum Gasteiger partial charge on any atom is -0.399 e. The van der Waals surface area contributed by atoms with E-state index in [9.17, 15) is 8.42 Å². The average molecular weight is 336 g/mol. The summed E-state index contributed by atoms with van der Waals surface area (Å²) in [4.78, 5) is 12.1. The summed E-state index contributed by atoms with van der Waals surface area (Å²) in [6.45, 7) is 0. The van der Waals surface area contributed by atoms with Gasteiger partial charge in [-0.05, 0) is 24.3 Å². The highest BCUT2D eigenvalue weighted by Gasteiger charge is 2.17. The van der Waals surface area contributed by atoms with Crippen LogP contribution in [0.4, 0.5) is 23.3 Å². The molecule has 1 aromatic carbocycles. The maximum absolute atomic E-state index is 12.4. The second-order valence-electron chi connectivity index (χ2n) is 5.37. The maximum atomic E-state index is 12.4. The van der Waals surface area contributed by atoms with E-state index in [1.165, 1.54) is 24.3 Å². The van der Waals surface area contributed by atoms with Crippen molar-refractivity contribution in [2.45, 2.75) is 4.90 Å². The molecule has 0 saturated heterocycles. The Labute approximate surface area is 136 Å². The third-order valence-corrected chi connectivity index (χ3v) is 4.36. The second-order valence-corrected chi connectivity index (χ2v) is 7.06. The smallest absolute Gasteiger partial charge is 0.263 e. The van der Waals surface area contributed by atoms with Gasteiger partial charge in [0.25, 0.3) is 10.0 Å². The van der Waals surface area contributed by atoms with Gasteiger partial charge in [0.05, 0.1) is 4.90 Å². The van der Waals surface area contributed by atoms with Crippen LogP contribution in [0.25, 0.3) is 0 Å². The SMILES string of the molecule is CN(C)c1cc(NS(=O)(=O)c2ccc(N)cc2)nc(N(C)C)n1. The van der Waals surface area contributed by atoms with E-state index in [0.717, 1.165) is 0 Å². The summed E-state index contributed by atoms with van der Waals surface area (Å²) in [5, 5.41) is 0. The van der Waals surface area contributed by atoms with Crippen LogP contribution in [0, 0.1) is 0 Å². The van der Waals surface area contributed by atoms with Gasteiger partial charge in [-0.2, -0.15) is 9.97 Å². The van der Waals surface area contributed by atoms with E-state index in [-0.39, 0.29) is 10.7 Å². The van der Waals surface area contributed by atoms with Gasteiger partial charge in [0.15, 0.2) is 0 Å². The second kappa shape index (κ2) is 6.29. The van der Waals surface area contributed by atoms with Gasteiger partial charge in [-0.15, -0.1) is 0 Å². The van der Waals surface area contributed by atoms with Gasteiger partial charge in [0.1, 0.15) is 11.6 Å². The first kappa shape index (κ1) is 16.8. The zero-order valence-corrected chi connectivity index (χ0v) is 14.3. The monoisotopic (exact) mass is 336 g/mol. The molecule has 3 N–H and O–H groups in total. The van der Waals surface area contributed by atoms with Crippen molar-refractivity contribution < 1.29 is 8.42 Å². The van der Waals surface area contributed by atoms with Crippen LogP contribution in [0.5, 0.6) is 0 Å². The highest BCUT2D eigenvalue weighted by molar-refractivity contribution is 7.92. The van der Waals surface area contributed by atoms with Crippen molar-refractivity contribution in [2.24, 2.45) is 0 Å². The number of hydrogen-bond donors (Lipinski definition) is 2. The van der Waals surface area contributed by atoms with Crippen LogP contribution in [-0.2, 0) is 10.0 Å². The van der Waals surface area contributed by atoms with Crippen LogP contribution in [0.15, 0.2) is 35.2 Å². The molecular formula is C14H20N6O2S. The predicted molar refractivity (Wildman–Crippen MR) is 92.3 cm³/mol. The van der Waals surface area contributed by atoms with Crippen molar-refractivity contribution in [1.29, 1.82) is 0 Å². The molecule has 2 aromatic rings. The highest BCUT2D eigenvalue weighted by Crippen LogP contribution is 2.21. The van der Waals surface area contributed by atoms with Gasteiger partial charge < -0.3 is 15.5 Å². The lowest BCUT2D eigenvalue weighted by Gasteiger charge is -2.18. The topological polar surface area (TPSA) is 104 Å². The molecule has 0 fully saturated rings. The van der Waals surface area contributed by atoms with Crippen LogP contribution in [0.3, 0.4) is 0 Å². The fourth-order valence-corrected chi connectivity index (χ4v) is 2.74. The van der Waals surface area contributed by atoms with Crippen molar-refractivity contribution in [3.8, 4) is 0 Å². The quantitative estimate of drug-likeness (QED) is 0.785. The fourth-order valence-electron chi connectivity index (χ4n) is 1.75. The first-order chi connectivity index (χ1) is 10.7. The lowest BCUT2D eigenvalue weighted by molar-refractivity contribution is 0.601. The van der Waals surface area contributed by atoms with Gasteiger partial charge in [0, 0.05) is 39.9 Å². The molecule has 2 rings (SSSR count). The van der Waals surface area contributed by atoms with Gasteiger partial charge in [-0.25, -0.2) is 8.42 Å². The molecule has 0 unspecified atom stereocenters. The van der Waals surface area contributed by atoms with Crippen LogP contribution < -0.4 is 20.3 Å². The lowest BCUT2D eigenvalue weighted by atomic mass is 10.3. The van der Waals surface area contributed by atoms with E-state index in [0.29, 0.717) is 17.5 Å². The van der Waals surface area contributed by atoms with Crippen LogP contribution in [0.2, 0.25) is 0 Å². The Hall–Kier alpha value is -2.55. The summed E-state index contributed by atoms with van der Waals surface area (Å²) >= 11 is 0. The molecule has 0 bridgehead atoms. The number of rotatable bonds is 5. The first-order valence-electron chi connectivity index (χ1n) is 6.81. The van der Waals surface area contributed by atoms with E-state index in [1.54, 1.807) is 30.0 Å². The van der Waals surface area contributed by atoms with Crippen molar-refractivity contribution in [3.63, 3.8) is 0 Å². The Morgan fingerprint density at radius 2 is 1.61 bits per heavy atom. The number of nitrogens with two attached hydrogens (primary N) is 1. The predicted octanol–water partition coefficient (Wildman–Crippen LogP) is 0.992. The minimum atomic E-state index is -3.75. The van der Waals surface area contributed by atoms with Crippen molar-refractivity contribution in [2.75, 3.05) is 48.4 Å². The number of sulfonamides is 1. The summed E-state index contributed by atoms with van der Waals surface area (Å²) < 4.78 is 27.3.